The van der Waals surface area contributed by atoms with Gasteiger partial charge in [0.1, 0.15) is 0 Å². The number of benzene rings is 1. The van der Waals surface area contributed by atoms with Crippen LogP contribution in [0.25, 0.3) is 0 Å². The number of anilines is 1. The number of hydrogen-bond acceptors (Lipinski definition) is 3. The highest BCUT2D eigenvalue weighted by atomic mass is 16.6. The smallest absolute Gasteiger partial charge is 0.290 e. The van der Waals surface area contributed by atoms with E-state index < -0.39 is 4.92 Å². The molecule has 1 N–H and O–H groups in total. The topological polar surface area (TPSA) is 76.1 Å². The first-order valence-electron chi connectivity index (χ1n) is 6.47. The molecule has 2 rings (SSSR count). The Bertz CT molecular complexity index is 681. The fourth-order valence-corrected chi connectivity index (χ4v) is 1.94. The Kier molecular flexibility index (Phi) is 4.27. The van der Waals surface area contributed by atoms with Crippen molar-refractivity contribution in [3.8, 4) is 0 Å². The molecule has 6 heteroatoms. The number of nitrogens with one attached hydrogen (secondary N) is 1. The first-order valence-corrected chi connectivity index (χ1v) is 6.47. The summed E-state index contributed by atoms with van der Waals surface area (Å²) in [7, 11) is 0. The molecule has 0 unspecified atom stereocenters. The molecule has 0 saturated carbocycles. The van der Waals surface area contributed by atoms with E-state index in [1.165, 1.54) is 24.3 Å². The molecule has 0 aliphatic rings. The Morgan fingerprint density at radius 3 is 2.52 bits per heavy atom. The van der Waals surface area contributed by atoms with Crippen LogP contribution in [-0.2, 0) is 11.3 Å². The Morgan fingerprint density at radius 1 is 1.24 bits per heavy atom. The van der Waals surface area contributed by atoms with Crippen molar-refractivity contribution in [1.29, 1.82) is 0 Å². The molecule has 2 aromatic rings. The van der Waals surface area contributed by atoms with Gasteiger partial charge >= 0.3 is 0 Å². The second-order valence-corrected chi connectivity index (χ2v) is 4.76. The molecule has 1 heterocycles. The number of non-ortho nitro benzene ring substituents is 1. The molecular weight excluding hydrogens is 270 g/mol. The summed E-state index contributed by atoms with van der Waals surface area (Å²) in [4.78, 5) is 22.1. The largest absolute Gasteiger partial charge is 0.321 e. The van der Waals surface area contributed by atoms with Crippen LogP contribution in [0, 0.1) is 24.0 Å². The lowest BCUT2D eigenvalue weighted by Crippen LogP contribution is -2.43. The van der Waals surface area contributed by atoms with Gasteiger partial charge in [0.2, 0.25) is 6.54 Å². The van der Waals surface area contributed by atoms with Gasteiger partial charge in [0.25, 0.3) is 11.6 Å². The molecule has 1 aromatic heterocycles. The molecule has 0 bridgehead atoms. The molecule has 1 amide bonds. The number of nitrogens with zero attached hydrogens (tertiary/aromatic N) is 2. The van der Waals surface area contributed by atoms with Gasteiger partial charge in [-0.1, -0.05) is 0 Å². The molecule has 0 aliphatic carbocycles. The van der Waals surface area contributed by atoms with E-state index in [4.69, 9.17) is 0 Å². The Hall–Kier alpha value is -2.76. The quantitative estimate of drug-likeness (QED) is 0.531. The maximum Gasteiger partial charge on any atom is 0.290 e. The third kappa shape index (κ3) is 3.62. The number of amides is 1. The number of nitro groups is 1. The van der Waals surface area contributed by atoms with Gasteiger partial charge in [0.05, 0.1) is 4.92 Å². The summed E-state index contributed by atoms with van der Waals surface area (Å²) < 4.78 is 1.86. The van der Waals surface area contributed by atoms with Gasteiger partial charge in [0.15, 0.2) is 11.9 Å². The van der Waals surface area contributed by atoms with Crippen molar-refractivity contribution in [2.45, 2.75) is 20.4 Å². The van der Waals surface area contributed by atoms with E-state index in [0.717, 1.165) is 11.3 Å². The van der Waals surface area contributed by atoms with Crippen molar-refractivity contribution in [3.05, 3.63) is 64.0 Å². The van der Waals surface area contributed by atoms with Crippen LogP contribution >= 0.6 is 0 Å². The van der Waals surface area contributed by atoms with Crippen LogP contribution in [0.2, 0.25) is 0 Å². The van der Waals surface area contributed by atoms with E-state index in [2.05, 4.69) is 5.32 Å². The van der Waals surface area contributed by atoms with Crippen LogP contribution in [0.5, 0.6) is 0 Å². The van der Waals surface area contributed by atoms with E-state index in [1.807, 2.05) is 36.7 Å². The highest BCUT2D eigenvalue weighted by Crippen LogP contribution is 2.15. The second-order valence-electron chi connectivity index (χ2n) is 4.76. The minimum Gasteiger partial charge on any atom is -0.321 e. The highest BCUT2D eigenvalue weighted by molar-refractivity contribution is 5.89. The summed E-state index contributed by atoms with van der Waals surface area (Å²) in [6, 6.07) is 9.64. The van der Waals surface area contributed by atoms with Crippen molar-refractivity contribution >= 4 is 17.3 Å². The number of carbonyl (C=O) groups is 1. The second kappa shape index (κ2) is 6.13. The predicted molar refractivity (Wildman–Crippen MR) is 77.8 cm³/mol. The Morgan fingerprint density at radius 2 is 1.90 bits per heavy atom. The van der Waals surface area contributed by atoms with Crippen molar-refractivity contribution in [2.24, 2.45) is 0 Å². The standard InChI is InChI=1S/C15H15N3O3/c1-11-4-3-9-17(12(11)2)10-15(19)16-13-5-7-14(8-6-13)18(20)21/h3-9H,10H2,1-2H3/p+1. The predicted octanol–water partition coefficient (Wildman–Crippen LogP) is 2.14. The van der Waals surface area contributed by atoms with Crippen molar-refractivity contribution in [2.75, 3.05) is 5.32 Å². The van der Waals surface area contributed by atoms with Crippen LogP contribution in [0.1, 0.15) is 11.3 Å². The van der Waals surface area contributed by atoms with Crippen LogP contribution in [0.4, 0.5) is 11.4 Å². The molecule has 21 heavy (non-hydrogen) atoms. The fourth-order valence-electron chi connectivity index (χ4n) is 1.94. The molecular formula is C15H16N3O3+. The molecule has 0 radical (unpaired) electrons. The summed E-state index contributed by atoms with van der Waals surface area (Å²) in [6.45, 7) is 4.14. The van der Waals surface area contributed by atoms with Gasteiger partial charge in [-0.15, -0.1) is 0 Å². The molecule has 1 aromatic carbocycles. The maximum atomic E-state index is 12.0. The first-order chi connectivity index (χ1) is 9.97. The molecule has 108 valence electrons. The number of carbonyl (C=O) groups excluding carboxylic acids is 1. The average Bonchev–Trinajstić information content (AvgIpc) is 2.44. The molecule has 0 aliphatic heterocycles. The number of hydrogen-bond donors (Lipinski definition) is 1. The van der Waals surface area contributed by atoms with E-state index in [9.17, 15) is 14.9 Å². The van der Waals surface area contributed by atoms with E-state index in [0.29, 0.717) is 5.69 Å². The third-order valence-electron chi connectivity index (χ3n) is 3.29. The lowest BCUT2D eigenvalue weighted by molar-refractivity contribution is -0.690. The normalized spacial score (nSPS) is 10.2. The highest BCUT2D eigenvalue weighted by Gasteiger charge is 2.14. The van der Waals surface area contributed by atoms with Crippen molar-refractivity contribution in [1.82, 2.24) is 0 Å². The molecule has 6 nitrogen and oxygen atoms in total. The van der Waals surface area contributed by atoms with E-state index >= 15 is 0 Å². The van der Waals surface area contributed by atoms with Gasteiger partial charge < -0.3 is 5.32 Å². The number of aryl methyl sites for hydroxylation is 1. The summed E-state index contributed by atoms with van der Waals surface area (Å²) in [5, 5.41) is 13.3. The zero-order valence-electron chi connectivity index (χ0n) is 11.9. The van der Waals surface area contributed by atoms with Crippen molar-refractivity contribution < 1.29 is 14.3 Å². The summed E-state index contributed by atoms with van der Waals surface area (Å²) in [5.74, 6) is -0.178. The summed E-state index contributed by atoms with van der Waals surface area (Å²) >= 11 is 0. The van der Waals surface area contributed by atoms with Gasteiger partial charge in [-0.25, -0.2) is 0 Å². The Labute approximate surface area is 122 Å². The number of nitro benzene ring substituents is 1. The van der Waals surface area contributed by atoms with E-state index in [-0.39, 0.29) is 18.1 Å². The maximum absolute atomic E-state index is 12.0. The molecule has 0 fully saturated rings. The monoisotopic (exact) mass is 286 g/mol. The minimum absolute atomic E-state index is 0.00287. The average molecular weight is 286 g/mol. The van der Waals surface area contributed by atoms with Crippen LogP contribution < -0.4 is 9.88 Å². The third-order valence-corrected chi connectivity index (χ3v) is 3.29. The van der Waals surface area contributed by atoms with Gasteiger partial charge in [-0.05, 0) is 25.1 Å². The van der Waals surface area contributed by atoms with Crippen LogP contribution in [0.3, 0.4) is 0 Å². The van der Waals surface area contributed by atoms with Crippen LogP contribution in [0.15, 0.2) is 42.6 Å². The summed E-state index contributed by atoms with van der Waals surface area (Å²) in [6.07, 6.45) is 1.84. The number of rotatable bonds is 4. The van der Waals surface area contributed by atoms with Crippen molar-refractivity contribution in [3.63, 3.8) is 0 Å². The zero-order chi connectivity index (χ0) is 15.4. The zero-order valence-corrected chi connectivity index (χ0v) is 11.9. The van der Waals surface area contributed by atoms with E-state index in [1.54, 1.807) is 0 Å². The van der Waals surface area contributed by atoms with Gasteiger partial charge in [-0.2, -0.15) is 4.57 Å². The number of pyridine rings is 1. The SMILES string of the molecule is Cc1ccc[n+](CC(=O)Nc2ccc([N+](=O)[O-])cc2)c1C. The lowest BCUT2D eigenvalue weighted by Gasteiger charge is -2.05. The van der Waals surface area contributed by atoms with Gasteiger partial charge in [-0.3, -0.25) is 14.9 Å². The molecule has 0 atom stereocenters. The summed E-state index contributed by atoms with van der Waals surface area (Å²) in [5.41, 5.74) is 2.67. The minimum atomic E-state index is -0.475. The molecule has 0 saturated heterocycles. The lowest BCUT2D eigenvalue weighted by atomic mass is 10.2. The van der Waals surface area contributed by atoms with Crippen LogP contribution in [-0.4, -0.2) is 10.8 Å². The Balaban J connectivity index is 2.04. The van der Waals surface area contributed by atoms with Gasteiger partial charge in [0, 0.05) is 36.4 Å². The first kappa shape index (κ1) is 14.6. The molecule has 0 spiro atoms. The fraction of sp³-hybridized carbons (Fsp3) is 0.200. The number of aromatic nitrogens is 1.